The summed E-state index contributed by atoms with van der Waals surface area (Å²) in [7, 11) is 1.49. The highest BCUT2D eigenvalue weighted by Crippen LogP contribution is 2.37. The molecule has 0 aliphatic heterocycles. The smallest absolute Gasteiger partial charge is 0.142 e. The van der Waals surface area contributed by atoms with Gasteiger partial charge in [-0.15, -0.1) is 0 Å². The third-order valence-corrected chi connectivity index (χ3v) is 5.00. The Bertz CT molecular complexity index is 968. The molecule has 0 saturated heterocycles. The number of halogens is 3. The molecule has 0 unspecified atom stereocenters. The maximum Gasteiger partial charge on any atom is 0.142 e. The number of hydrogen-bond donors (Lipinski definition) is 2. The van der Waals surface area contributed by atoms with Crippen molar-refractivity contribution >= 4 is 23.2 Å². The van der Waals surface area contributed by atoms with Crippen LogP contribution in [0.3, 0.4) is 0 Å². The quantitative estimate of drug-likeness (QED) is 0.629. The molecule has 0 spiro atoms. The molecule has 1 aromatic heterocycles. The first-order valence-electron chi connectivity index (χ1n) is 8.08. The number of nitrogens with two attached hydrogens (primary N) is 1. The molecule has 3 N–H and O–H groups in total. The molecule has 4 nitrogen and oxygen atoms in total. The average molecular weight is 407 g/mol. The van der Waals surface area contributed by atoms with E-state index in [1.54, 1.807) is 42.6 Å². The molecule has 2 atom stereocenters. The summed E-state index contributed by atoms with van der Waals surface area (Å²) in [5.41, 5.74) is 8.66. The van der Waals surface area contributed by atoms with Gasteiger partial charge in [0.05, 0.1) is 29.4 Å². The molecule has 3 aromatic rings. The first kappa shape index (κ1) is 19.6. The number of aliphatic hydroxyl groups excluding tert-OH is 1. The van der Waals surface area contributed by atoms with Gasteiger partial charge in [-0.2, -0.15) is 0 Å². The van der Waals surface area contributed by atoms with Gasteiger partial charge in [0.25, 0.3) is 0 Å². The highest BCUT2D eigenvalue weighted by molar-refractivity contribution is 6.42. The maximum absolute atomic E-state index is 13.4. The summed E-state index contributed by atoms with van der Waals surface area (Å²) in [4.78, 5) is 3.85. The van der Waals surface area contributed by atoms with Crippen molar-refractivity contribution in [1.82, 2.24) is 4.98 Å². The normalized spacial score (nSPS) is 13.3. The topological polar surface area (TPSA) is 68.4 Å². The van der Waals surface area contributed by atoms with E-state index in [1.165, 1.54) is 13.2 Å². The number of pyridine rings is 1. The number of ether oxygens (including phenoxy) is 1. The van der Waals surface area contributed by atoms with Gasteiger partial charge < -0.3 is 15.6 Å². The fourth-order valence-electron chi connectivity index (χ4n) is 2.80. The fourth-order valence-corrected chi connectivity index (χ4v) is 3.11. The Balaban J connectivity index is 1.94. The van der Waals surface area contributed by atoms with Gasteiger partial charge in [-0.3, -0.25) is 4.98 Å². The van der Waals surface area contributed by atoms with Crippen LogP contribution in [-0.2, 0) is 0 Å². The molecule has 0 amide bonds. The third-order valence-electron chi connectivity index (χ3n) is 4.26. The van der Waals surface area contributed by atoms with Crippen LogP contribution in [0.25, 0.3) is 11.1 Å². The molecule has 0 aliphatic carbocycles. The lowest BCUT2D eigenvalue weighted by Crippen LogP contribution is -2.20. The van der Waals surface area contributed by atoms with Gasteiger partial charge in [-0.05, 0) is 35.4 Å². The molecule has 2 aromatic carbocycles. The van der Waals surface area contributed by atoms with Crippen LogP contribution >= 0.6 is 23.2 Å². The minimum absolute atomic E-state index is 0.359. The molecular formula is C20H17Cl2FN2O2. The molecule has 0 aliphatic rings. The number of benzene rings is 2. The number of aromatic nitrogens is 1. The molecular weight excluding hydrogens is 390 g/mol. The third kappa shape index (κ3) is 4.22. The average Bonchev–Trinajstić information content (AvgIpc) is 2.68. The van der Waals surface area contributed by atoms with E-state index in [9.17, 15) is 9.50 Å². The van der Waals surface area contributed by atoms with E-state index >= 15 is 0 Å². The zero-order valence-electron chi connectivity index (χ0n) is 14.4. The van der Waals surface area contributed by atoms with E-state index in [4.69, 9.17) is 33.7 Å². The summed E-state index contributed by atoms with van der Waals surface area (Å²) in [6, 6.07) is 10.7. The van der Waals surface area contributed by atoms with E-state index in [1.807, 2.05) is 0 Å². The molecule has 0 radical (unpaired) electrons. The molecule has 7 heteroatoms. The predicted octanol–water partition coefficient (Wildman–Crippen LogP) is 4.94. The van der Waals surface area contributed by atoms with E-state index < -0.39 is 18.0 Å². The summed E-state index contributed by atoms with van der Waals surface area (Å²) in [6.07, 6.45) is 1.64. The van der Waals surface area contributed by atoms with Crippen molar-refractivity contribution < 1.29 is 14.2 Å². The number of hydrogen-bond acceptors (Lipinski definition) is 4. The molecule has 1 heterocycles. The fraction of sp³-hybridized carbons (Fsp3) is 0.150. The predicted molar refractivity (Wildman–Crippen MR) is 105 cm³/mol. The Labute approximate surface area is 166 Å². The lowest BCUT2D eigenvalue weighted by atomic mass is 9.94. The molecule has 0 bridgehead atoms. The second-order valence-electron chi connectivity index (χ2n) is 5.99. The van der Waals surface area contributed by atoms with Crippen LogP contribution in [0.4, 0.5) is 4.39 Å². The SMILES string of the molecule is COc1cc(-c2cncc(F)c2)ccc1[C@@H](O)[C@@H](N)c1ccc(Cl)c(Cl)c1. The van der Waals surface area contributed by atoms with Gasteiger partial charge in [-0.1, -0.05) is 41.4 Å². The Morgan fingerprint density at radius 1 is 1.04 bits per heavy atom. The van der Waals surface area contributed by atoms with Crippen LogP contribution in [0.2, 0.25) is 10.0 Å². The van der Waals surface area contributed by atoms with Gasteiger partial charge in [0.15, 0.2) is 0 Å². The summed E-state index contributed by atoms with van der Waals surface area (Å²) in [5.74, 6) is -0.00279. The second-order valence-corrected chi connectivity index (χ2v) is 6.81. The van der Waals surface area contributed by atoms with Crippen LogP contribution in [0.1, 0.15) is 23.3 Å². The lowest BCUT2D eigenvalue weighted by Gasteiger charge is -2.22. The standard InChI is InChI=1S/C20H17Cl2FN2O2/c1-27-18-8-11(13-6-14(23)10-25-9-13)2-4-15(18)20(26)19(24)12-3-5-16(21)17(22)7-12/h2-10,19-20,26H,24H2,1H3/t19-,20+/m0/s1. The van der Waals surface area contributed by atoms with E-state index in [2.05, 4.69) is 4.98 Å². The van der Waals surface area contributed by atoms with Crippen molar-refractivity contribution in [2.24, 2.45) is 5.73 Å². The van der Waals surface area contributed by atoms with Gasteiger partial charge >= 0.3 is 0 Å². The maximum atomic E-state index is 13.4. The Hall–Kier alpha value is -2.18. The van der Waals surface area contributed by atoms with Crippen LogP contribution < -0.4 is 10.5 Å². The largest absolute Gasteiger partial charge is 0.496 e. The zero-order valence-corrected chi connectivity index (χ0v) is 15.9. The molecule has 0 saturated carbocycles. The highest BCUT2D eigenvalue weighted by Gasteiger charge is 2.23. The molecule has 3 rings (SSSR count). The van der Waals surface area contributed by atoms with Crippen molar-refractivity contribution in [1.29, 1.82) is 0 Å². The van der Waals surface area contributed by atoms with Crippen molar-refractivity contribution in [3.05, 3.63) is 81.8 Å². The van der Waals surface area contributed by atoms with Crippen LogP contribution in [0.15, 0.2) is 54.9 Å². The van der Waals surface area contributed by atoms with Gasteiger partial charge in [0, 0.05) is 17.3 Å². The van der Waals surface area contributed by atoms with Crippen molar-refractivity contribution in [2.45, 2.75) is 12.1 Å². The van der Waals surface area contributed by atoms with Crippen molar-refractivity contribution in [2.75, 3.05) is 7.11 Å². The van der Waals surface area contributed by atoms with Gasteiger partial charge in [0.2, 0.25) is 0 Å². The second kappa shape index (κ2) is 8.23. The van der Waals surface area contributed by atoms with Gasteiger partial charge in [-0.25, -0.2) is 4.39 Å². The minimum atomic E-state index is -1.04. The van der Waals surface area contributed by atoms with E-state index in [0.717, 1.165) is 6.20 Å². The zero-order chi connectivity index (χ0) is 19.6. The summed E-state index contributed by atoms with van der Waals surface area (Å²) in [5, 5.41) is 11.5. The highest BCUT2D eigenvalue weighted by atomic mass is 35.5. The van der Waals surface area contributed by atoms with Crippen LogP contribution in [0, 0.1) is 5.82 Å². The number of methoxy groups -OCH3 is 1. The Morgan fingerprint density at radius 3 is 2.48 bits per heavy atom. The molecule has 140 valence electrons. The lowest BCUT2D eigenvalue weighted by molar-refractivity contribution is 0.143. The first-order chi connectivity index (χ1) is 12.9. The van der Waals surface area contributed by atoms with E-state index in [0.29, 0.717) is 38.0 Å². The number of nitrogens with zero attached hydrogens (tertiary/aromatic N) is 1. The number of rotatable bonds is 5. The molecule has 27 heavy (non-hydrogen) atoms. The monoisotopic (exact) mass is 406 g/mol. The van der Waals surface area contributed by atoms with Crippen LogP contribution in [-0.4, -0.2) is 17.2 Å². The minimum Gasteiger partial charge on any atom is -0.496 e. The van der Waals surface area contributed by atoms with E-state index in [-0.39, 0.29) is 0 Å². The number of aliphatic hydroxyl groups is 1. The van der Waals surface area contributed by atoms with Gasteiger partial charge in [0.1, 0.15) is 17.7 Å². The summed E-state index contributed by atoms with van der Waals surface area (Å²) >= 11 is 12.0. The summed E-state index contributed by atoms with van der Waals surface area (Å²) in [6.45, 7) is 0. The Kier molecular flexibility index (Phi) is 5.97. The molecule has 0 fully saturated rings. The summed E-state index contributed by atoms with van der Waals surface area (Å²) < 4.78 is 18.8. The van der Waals surface area contributed by atoms with Crippen LogP contribution in [0.5, 0.6) is 5.75 Å². The Morgan fingerprint density at radius 2 is 1.81 bits per heavy atom. The van der Waals surface area contributed by atoms with Crippen molar-refractivity contribution in [3.8, 4) is 16.9 Å². The first-order valence-corrected chi connectivity index (χ1v) is 8.83. The van der Waals surface area contributed by atoms with Crippen molar-refractivity contribution in [3.63, 3.8) is 0 Å².